The van der Waals surface area contributed by atoms with E-state index in [9.17, 15) is 9.59 Å². The minimum Gasteiger partial charge on any atom is -0.462 e. The molecule has 0 aliphatic rings. The zero-order valence-electron chi connectivity index (χ0n) is 18.0. The van der Waals surface area contributed by atoms with Gasteiger partial charge in [-0.3, -0.25) is 10.1 Å². The summed E-state index contributed by atoms with van der Waals surface area (Å²) in [5.74, 6) is -1.10. The third-order valence-electron chi connectivity index (χ3n) is 4.40. The van der Waals surface area contributed by atoms with E-state index in [0.29, 0.717) is 20.8 Å². The van der Waals surface area contributed by atoms with Gasteiger partial charge in [-0.15, -0.1) is 21.6 Å². The normalized spacial score (nSPS) is 10.9. The van der Waals surface area contributed by atoms with Gasteiger partial charge in [-0.2, -0.15) is 0 Å². The highest BCUT2D eigenvalue weighted by molar-refractivity contribution is 7.20. The molecule has 0 aliphatic heterocycles. The number of esters is 1. The molecule has 0 bridgehead atoms. The average molecular weight is 493 g/mol. The molecule has 4 aromatic rings. The molecule has 0 saturated carbocycles. The maximum atomic E-state index is 13.0. The van der Waals surface area contributed by atoms with Crippen LogP contribution in [0.2, 0.25) is 0 Å². The first-order valence-electron chi connectivity index (χ1n) is 10.2. The van der Waals surface area contributed by atoms with E-state index in [-0.39, 0.29) is 22.7 Å². The number of amides is 1. The molecular weight excluding hydrogens is 472 g/mol. The molecule has 0 unspecified atom stereocenters. The molecule has 0 spiro atoms. The van der Waals surface area contributed by atoms with Crippen molar-refractivity contribution >= 4 is 66.7 Å². The third kappa shape index (κ3) is 5.45. The number of ether oxygens (including phenoxy) is 1. The number of para-hydroxylation sites is 1. The summed E-state index contributed by atoms with van der Waals surface area (Å²) in [5, 5.41) is 15.4. The van der Waals surface area contributed by atoms with E-state index in [4.69, 9.17) is 10.5 Å². The Bertz CT molecular complexity index is 1320. The monoisotopic (exact) mass is 492 g/mol. The number of rotatable bonds is 8. The number of aromatic nitrogens is 1. The minimum absolute atomic E-state index is 0.0416. The van der Waals surface area contributed by atoms with Crippen LogP contribution in [0, 0.1) is 0 Å². The quantitative estimate of drug-likeness (QED) is 0.193. The lowest BCUT2D eigenvalue weighted by Gasteiger charge is -2.07. The molecule has 4 rings (SSSR count). The number of hydrogen-bond donors (Lipinski definition) is 3. The van der Waals surface area contributed by atoms with Gasteiger partial charge in [0.05, 0.1) is 24.2 Å². The molecule has 34 heavy (non-hydrogen) atoms. The largest absolute Gasteiger partial charge is 0.462 e. The lowest BCUT2D eigenvalue weighted by Crippen LogP contribution is -2.13. The second-order valence-electron chi connectivity index (χ2n) is 6.75. The van der Waals surface area contributed by atoms with Crippen molar-refractivity contribution in [3.8, 4) is 0 Å². The van der Waals surface area contributed by atoms with E-state index in [0.717, 1.165) is 28.4 Å². The summed E-state index contributed by atoms with van der Waals surface area (Å²) in [7, 11) is 0. The molecule has 0 aliphatic carbocycles. The van der Waals surface area contributed by atoms with E-state index in [1.54, 1.807) is 6.92 Å². The van der Waals surface area contributed by atoms with Crippen molar-refractivity contribution in [3.05, 3.63) is 77.3 Å². The van der Waals surface area contributed by atoms with Crippen LogP contribution in [0.1, 0.15) is 27.0 Å². The summed E-state index contributed by atoms with van der Waals surface area (Å²) < 4.78 is 5.15. The molecule has 2 aromatic carbocycles. The molecule has 0 atom stereocenters. The summed E-state index contributed by atoms with van der Waals surface area (Å²) in [6.07, 6.45) is 1.51. The van der Waals surface area contributed by atoms with Crippen molar-refractivity contribution in [1.82, 2.24) is 4.98 Å². The summed E-state index contributed by atoms with van der Waals surface area (Å²) in [4.78, 5) is 29.9. The Labute approximate surface area is 203 Å². The SMILES string of the molecule is CCOC(=O)c1c(Nc2ccccc2)sc(C(=O)Nc2ncc(N=Nc3ccccc3)s2)c1N. The lowest BCUT2D eigenvalue weighted by atomic mass is 10.2. The van der Waals surface area contributed by atoms with Gasteiger partial charge in [0.15, 0.2) is 10.1 Å². The molecule has 172 valence electrons. The third-order valence-corrected chi connectivity index (χ3v) is 6.31. The fourth-order valence-electron chi connectivity index (χ4n) is 2.88. The number of anilines is 4. The van der Waals surface area contributed by atoms with Crippen LogP contribution in [0.5, 0.6) is 0 Å². The van der Waals surface area contributed by atoms with Gasteiger partial charge in [0.2, 0.25) is 0 Å². The first-order chi connectivity index (χ1) is 16.5. The summed E-state index contributed by atoms with van der Waals surface area (Å²) >= 11 is 2.22. The maximum absolute atomic E-state index is 13.0. The van der Waals surface area contributed by atoms with Crippen molar-refractivity contribution in [1.29, 1.82) is 0 Å². The average Bonchev–Trinajstić information content (AvgIpc) is 3.43. The van der Waals surface area contributed by atoms with Crippen molar-refractivity contribution < 1.29 is 14.3 Å². The van der Waals surface area contributed by atoms with E-state index in [2.05, 4.69) is 25.8 Å². The molecule has 1 amide bonds. The Morgan fingerprint density at radius 3 is 2.44 bits per heavy atom. The van der Waals surface area contributed by atoms with Gasteiger partial charge in [0, 0.05) is 5.69 Å². The van der Waals surface area contributed by atoms with Crippen molar-refractivity contribution in [2.45, 2.75) is 6.92 Å². The molecule has 11 heteroatoms. The first-order valence-corrected chi connectivity index (χ1v) is 11.8. The van der Waals surface area contributed by atoms with Crippen LogP contribution in [-0.4, -0.2) is 23.5 Å². The highest BCUT2D eigenvalue weighted by Gasteiger charge is 2.27. The van der Waals surface area contributed by atoms with Gasteiger partial charge in [-0.05, 0) is 31.2 Å². The topological polar surface area (TPSA) is 131 Å². The molecule has 4 N–H and O–H groups in total. The number of nitrogens with zero attached hydrogens (tertiary/aromatic N) is 3. The minimum atomic E-state index is -0.605. The number of hydrogen-bond acceptors (Lipinski definition) is 10. The van der Waals surface area contributed by atoms with Crippen LogP contribution < -0.4 is 16.4 Å². The zero-order chi connectivity index (χ0) is 23.9. The van der Waals surface area contributed by atoms with Crippen molar-refractivity contribution in [2.24, 2.45) is 10.2 Å². The molecule has 2 aromatic heterocycles. The molecule has 0 radical (unpaired) electrons. The number of carbonyl (C=O) groups is 2. The number of azo groups is 1. The Hall–Kier alpha value is -4.09. The predicted molar refractivity (Wildman–Crippen MR) is 135 cm³/mol. The smallest absolute Gasteiger partial charge is 0.343 e. The Balaban J connectivity index is 1.55. The Morgan fingerprint density at radius 1 is 1.03 bits per heavy atom. The van der Waals surface area contributed by atoms with E-state index >= 15 is 0 Å². The van der Waals surface area contributed by atoms with Crippen LogP contribution in [0.3, 0.4) is 0 Å². The molecule has 0 fully saturated rings. The van der Waals surface area contributed by atoms with E-state index in [1.165, 1.54) is 6.20 Å². The van der Waals surface area contributed by atoms with Gasteiger partial charge in [-0.1, -0.05) is 47.7 Å². The fraction of sp³-hybridized carbons (Fsp3) is 0.0870. The van der Waals surface area contributed by atoms with Gasteiger partial charge in [-0.25, -0.2) is 9.78 Å². The van der Waals surface area contributed by atoms with Crippen LogP contribution >= 0.6 is 22.7 Å². The molecule has 9 nitrogen and oxygen atoms in total. The first kappa shape index (κ1) is 23.1. The lowest BCUT2D eigenvalue weighted by molar-refractivity contribution is 0.0529. The number of carbonyl (C=O) groups excluding carboxylic acids is 2. The Morgan fingerprint density at radius 2 is 1.74 bits per heavy atom. The number of benzene rings is 2. The van der Waals surface area contributed by atoms with Crippen molar-refractivity contribution in [3.63, 3.8) is 0 Å². The molecular formula is C23H20N6O3S2. The molecule has 2 heterocycles. The van der Waals surface area contributed by atoms with Gasteiger partial charge >= 0.3 is 5.97 Å². The number of nitrogens with one attached hydrogen (secondary N) is 2. The standard InChI is InChI=1S/C23H20N6O3S2/c1-2-32-22(31)17-18(24)19(34-21(17)26-14-9-5-3-6-10-14)20(30)27-23-25-13-16(33-23)29-28-15-11-7-4-8-12-15/h3-13,26H,2,24H2,1H3,(H,25,27,30). The van der Waals surface area contributed by atoms with Gasteiger partial charge in [0.1, 0.15) is 15.4 Å². The second kappa shape index (κ2) is 10.7. The maximum Gasteiger partial charge on any atom is 0.343 e. The summed E-state index contributed by atoms with van der Waals surface area (Å²) in [6.45, 7) is 1.88. The fourth-order valence-corrected chi connectivity index (χ4v) is 4.54. The van der Waals surface area contributed by atoms with Crippen LogP contribution in [0.25, 0.3) is 0 Å². The zero-order valence-corrected chi connectivity index (χ0v) is 19.7. The molecule has 0 saturated heterocycles. The predicted octanol–water partition coefficient (Wildman–Crippen LogP) is 6.37. The highest BCUT2D eigenvalue weighted by Crippen LogP contribution is 2.39. The van der Waals surface area contributed by atoms with Gasteiger partial charge in [0.25, 0.3) is 5.91 Å². The second-order valence-corrected chi connectivity index (χ2v) is 8.78. The van der Waals surface area contributed by atoms with Crippen LogP contribution in [0.15, 0.2) is 77.1 Å². The highest BCUT2D eigenvalue weighted by atomic mass is 32.1. The Kier molecular flexibility index (Phi) is 7.25. The number of thiophene rings is 1. The van der Waals surface area contributed by atoms with Crippen LogP contribution in [-0.2, 0) is 4.74 Å². The summed E-state index contributed by atoms with van der Waals surface area (Å²) in [6, 6.07) is 18.5. The van der Waals surface area contributed by atoms with E-state index < -0.39 is 11.9 Å². The number of thiazole rings is 1. The number of nitrogens with two attached hydrogens (primary N) is 1. The van der Waals surface area contributed by atoms with Crippen LogP contribution in [0.4, 0.5) is 32.2 Å². The summed E-state index contributed by atoms with van der Waals surface area (Å²) in [5.41, 5.74) is 7.83. The van der Waals surface area contributed by atoms with Gasteiger partial charge < -0.3 is 15.8 Å². The number of nitrogen functional groups attached to an aromatic ring is 1. The van der Waals surface area contributed by atoms with E-state index in [1.807, 2.05) is 60.7 Å². The van der Waals surface area contributed by atoms with Crippen molar-refractivity contribution in [2.75, 3.05) is 23.0 Å².